The fraction of sp³-hybridized carbons (Fsp3) is 0.562. The minimum atomic E-state index is -4.36. The van der Waals surface area contributed by atoms with Crippen molar-refractivity contribution in [2.24, 2.45) is 0 Å². The van der Waals surface area contributed by atoms with Crippen molar-refractivity contribution in [1.82, 2.24) is 5.32 Å². The Morgan fingerprint density at radius 3 is 2.77 bits per heavy atom. The average molecular weight is 313 g/mol. The SMILES string of the molecule is O=C(C[C@@H]1CCCO1)N[C@H]1C[C@@H]1c1ccccc1C(F)(F)F. The van der Waals surface area contributed by atoms with Crippen molar-refractivity contribution in [1.29, 1.82) is 0 Å². The molecule has 1 aliphatic heterocycles. The van der Waals surface area contributed by atoms with Gasteiger partial charge in [-0.25, -0.2) is 0 Å². The van der Waals surface area contributed by atoms with Crippen LogP contribution in [0.15, 0.2) is 24.3 Å². The molecule has 1 aliphatic carbocycles. The highest BCUT2D eigenvalue weighted by Gasteiger charge is 2.44. The van der Waals surface area contributed by atoms with Crippen molar-refractivity contribution < 1.29 is 22.7 Å². The molecule has 6 heteroatoms. The molecule has 1 heterocycles. The normalized spacial score (nSPS) is 27.7. The van der Waals surface area contributed by atoms with Crippen LogP contribution in [0, 0.1) is 0 Å². The molecule has 0 unspecified atom stereocenters. The Hall–Kier alpha value is -1.56. The molecule has 1 amide bonds. The Morgan fingerprint density at radius 1 is 1.32 bits per heavy atom. The molecule has 0 aromatic heterocycles. The minimum Gasteiger partial charge on any atom is -0.378 e. The first-order chi connectivity index (χ1) is 10.4. The van der Waals surface area contributed by atoms with Crippen LogP contribution < -0.4 is 5.32 Å². The van der Waals surface area contributed by atoms with Crippen LogP contribution in [0.25, 0.3) is 0 Å². The smallest absolute Gasteiger partial charge is 0.378 e. The zero-order chi connectivity index (χ0) is 15.7. The number of rotatable bonds is 4. The maximum Gasteiger partial charge on any atom is 0.416 e. The van der Waals surface area contributed by atoms with Gasteiger partial charge in [-0.15, -0.1) is 0 Å². The van der Waals surface area contributed by atoms with E-state index in [9.17, 15) is 18.0 Å². The number of nitrogens with one attached hydrogen (secondary N) is 1. The largest absolute Gasteiger partial charge is 0.416 e. The van der Waals surface area contributed by atoms with E-state index in [4.69, 9.17) is 4.74 Å². The van der Waals surface area contributed by atoms with Gasteiger partial charge >= 0.3 is 6.18 Å². The van der Waals surface area contributed by atoms with Gasteiger partial charge in [-0.1, -0.05) is 18.2 Å². The van der Waals surface area contributed by atoms with E-state index in [-0.39, 0.29) is 29.5 Å². The van der Waals surface area contributed by atoms with E-state index in [1.165, 1.54) is 12.1 Å². The van der Waals surface area contributed by atoms with Crippen LogP contribution in [-0.2, 0) is 15.7 Å². The van der Waals surface area contributed by atoms with Crippen molar-refractivity contribution in [3.8, 4) is 0 Å². The summed E-state index contributed by atoms with van der Waals surface area (Å²) < 4.78 is 44.4. The van der Waals surface area contributed by atoms with Gasteiger partial charge in [-0.05, 0) is 30.9 Å². The molecular formula is C16H18F3NO2. The number of amides is 1. The highest BCUT2D eigenvalue weighted by atomic mass is 19.4. The molecule has 1 aromatic carbocycles. The number of benzene rings is 1. The minimum absolute atomic E-state index is 0.0420. The van der Waals surface area contributed by atoms with Crippen molar-refractivity contribution in [3.05, 3.63) is 35.4 Å². The molecule has 1 saturated carbocycles. The molecule has 3 atom stereocenters. The second-order valence-electron chi connectivity index (χ2n) is 5.94. The standard InChI is InChI=1S/C16H18F3NO2/c17-16(18,19)13-6-2-1-5-11(13)12-9-14(12)20-15(21)8-10-4-3-7-22-10/h1-2,5-6,10,12,14H,3-4,7-9H2,(H,20,21)/t10-,12+,14-/m0/s1. The van der Waals surface area contributed by atoms with Gasteiger partial charge in [-0.2, -0.15) is 13.2 Å². The molecule has 2 aliphatic rings. The lowest BCUT2D eigenvalue weighted by atomic mass is 10.0. The number of ether oxygens (including phenoxy) is 1. The summed E-state index contributed by atoms with van der Waals surface area (Å²) in [4.78, 5) is 11.9. The molecule has 0 radical (unpaired) electrons. The zero-order valence-electron chi connectivity index (χ0n) is 12.0. The van der Waals surface area contributed by atoms with E-state index in [1.807, 2.05) is 0 Å². The van der Waals surface area contributed by atoms with Gasteiger partial charge in [0.2, 0.25) is 5.91 Å². The lowest BCUT2D eigenvalue weighted by Crippen LogP contribution is -2.29. The van der Waals surface area contributed by atoms with Crippen LogP contribution in [0.2, 0.25) is 0 Å². The van der Waals surface area contributed by atoms with Crippen LogP contribution in [0.3, 0.4) is 0 Å². The lowest BCUT2D eigenvalue weighted by molar-refractivity contribution is -0.138. The van der Waals surface area contributed by atoms with Gasteiger partial charge in [0.1, 0.15) is 0 Å². The van der Waals surface area contributed by atoms with Gasteiger partial charge in [0.25, 0.3) is 0 Å². The summed E-state index contributed by atoms with van der Waals surface area (Å²) in [5.41, 5.74) is -0.326. The molecule has 0 spiro atoms. The molecule has 1 aromatic rings. The zero-order valence-corrected chi connectivity index (χ0v) is 12.0. The van der Waals surface area contributed by atoms with Gasteiger partial charge in [0.15, 0.2) is 0 Å². The molecule has 120 valence electrons. The predicted octanol–water partition coefficient (Wildman–Crippen LogP) is 3.25. The molecule has 22 heavy (non-hydrogen) atoms. The van der Waals surface area contributed by atoms with Gasteiger partial charge in [0, 0.05) is 18.6 Å². The Kier molecular flexibility index (Phi) is 4.12. The molecule has 0 bridgehead atoms. The highest BCUT2D eigenvalue weighted by Crippen LogP contribution is 2.46. The first kappa shape index (κ1) is 15.3. The highest BCUT2D eigenvalue weighted by molar-refractivity contribution is 5.77. The molecular weight excluding hydrogens is 295 g/mol. The van der Waals surface area contributed by atoms with Crippen LogP contribution >= 0.6 is 0 Å². The second-order valence-corrected chi connectivity index (χ2v) is 5.94. The number of alkyl halides is 3. The summed E-state index contributed by atoms with van der Waals surface area (Å²) in [5.74, 6) is -0.379. The molecule has 3 nitrogen and oxygen atoms in total. The Morgan fingerprint density at radius 2 is 2.09 bits per heavy atom. The Bertz CT molecular complexity index is 553. The van der Waals surface area contributed by atoms with E-state index in [0.717, 1.165) is 18.9 Å². The third-order valence-corrected chi connectivity index (χ3v) is 4.24. The third kappa shape index (κ3) is 3.43. The summed E-state index contributed by atoms with van der Waals surface area (Å²) >= 11 is 0. The second kappa shape index (κ2) is 5.91. The summed E-state index contributed by atoms with van der Waals surface area (Å²) in [5, 5.41) is 2.82. The number of carbonyl (C=O) groups is 1. The van der Waals surface area contributed by atoms with E-state index >= 15 is 0 Å². The van der Waals surface area contributed by atoms with Crippen molar-refractivity contribution in [2.45, 2.75) is 49.9 Å². The number of carbonyl (C=O) groups excluding carboxylic acids is 1. The Labute approximate surface area is 126 Å². The first-order valence-electron chi connectivity index (χ1n) is 7.52. The average Bonchev–Trinajstić information content (AvgIpc) is 3.01. The summed E-state index contributed by atoms with van der Waals surface area (Å²) in [7, 11) is 0. The van der Waals surface area contributed by atoms with E-state index in [1.54, 1.807) is 6.07 Å². The molecule has 3 rings (SSSR count). The number of halogens is 3. The van der Waals surface area contributed by atoms with Crippen LogP contribution in [-0.4, -0.2) is 24.7 Å². The number of hydrogen-bond donors (Lipinski definition) is 1. The van der Waals surface area contributed by atoms with E-state index in [2.05, 4.69) is 5.32 Å². The third-order valence-electron chi connectivity index (χ3n) is 4.24. The van der Waals surface area contributed by atoms with Gasteiger partial charge < -0.3 is 10.1 Å². The summed E-state index contributed by atoms with van der Waals surface area (Å²) in [6.07, 6.45) is -1.71. The quantitative estimate of drug-likeness (QED) is 0.926. The molecule has 1 saturated heterocycles. The first-order valence-corrected chi connectivity index (χ1v) is 7.52. The number of hydrogen-bond acceptors (Lipinski definition) is 2. The van der Waals surface area contributed by atoms with Gasteiger partial charge in [0.05, 0.1) is 18.1 Å². The maximum atomic E-state index is 13.0. The monoisotopic (exact) mass is 313 g/mol. The topological polar surface area (TPSA) is 38.3 Å². The van der Waals surface area contributed by atoms with E-state index in [0.29, 0.717) is 19.4 Å². The fourth-order valence-corrected chi connectivity index (χ4v) is 3.05. The van der Waals surface area contributed by atoms with Crippen molar-refractivity contribution in [3.63, 3.8) is 0 Å². The Balaban J connectivity index is 1.59. The summed E-state index contributed by atoms with van der Waals surface area (Å²) in [6.45, 7) is 0.683. The molecule has 2 fully saturated rings. The van der Waals surface area contributed by atoms with E-state index < -0.39 is 11.7 Å². The van der Waals surface area contributed by atoms with Crippen LogP contribution in [0.5, 0.6) is 0 Å². The fourth-order valence-electron chi connectivity index (χ4n) is 3.05. The van der Waals surface area contributed by atoms with Crippen LogP contribution in [0.4, 0.5) is 13.2 Å². The van der Waals surface area contributed by atoms with Crippen LogP contribution in [0.1, 0.15) is 42.7 Å². The van der Waals surface area contributed by atoms with Crippen molar-refractivity contribution in [2.75, 3.05) is 6.61 Å². The lowest BCUT2D eigenvalue weighted by Gasteiger charge is -2.13. The molecule has 1 N–H and O–H groups in total. The van der Waals surface area contributed by atoms with Gasteiger partial charge in [-0.3, -0.25) is 4.79 Å². The summed E-state index contributed by atoms with van der Waals surface area (Å²) in [6, 6.07) is 5.39. The maximum absolute atomic E-state index is 13.0. The predicted molar refractivity (Wildman–Crippen MR) is 74.3 cm³/mol. The van der Waals surface area contributed by atoms with Crippen molar-refractivity contribution >= 4 is 5.91 Å².